The van der Waals surface area contributed by atoms with Crippen molar-refractivity contribution in [2.24, 2.45) is 0 Å². The Morgan fingerprint density at radius 1 is 1.19 bits per heavy atom. The first kappa shape index (κ1) is 17.9. The number of imidazole rings is 1. The smallest absolute Gasteiger partial charge is 0.333 e. The topological polar surface area (TPSA) is 61.9 Å². The summed E-state index contributed by atoms with van der Waals surface area (Å²) >= 11 is 1.44. The Bertz CT molecular complexity index is 994. The molecule has 0 radical (unpaired) electrons. The maximum Gasteiger partial charge on any atom is 0.333 e. The van der Waals surface area contributed by atoms with E-state index >= 15 is 0 Å². The van der Waals surface area contributed by atoms with E-state index in [0.29, 0.717) is 35.4 Å². The molecule has 2 aromatic heterocycles. The number of hydrogen-bond acceptors (Lipinski definition) is 5. The SMILES string of the molecule is CSc1nccc(-c2cn(C3CCOCC3)c(=O)n2-c2ccc(F)cc2)n1. The van der Waals surface area contributed by atoms with E-state index in [0.717, 1.165) is 12.8 Å². The molecule has 1 aliphatic heterocycles. The molecule has 0 spiro atoms. The van der Waals surface area contributed by atoms with Crippen LogP contribution in [0.1, 0.15) is 18.9 Å². The standard InChI is InChI=1S/C19H19FN4O2S/c1-27-18-21-9-6-16(22-18)17-12-23(14-7-10-26-11-8-14)19(25)24(17)15-4-2-13(20)3-5-15/h2-6,9,12,14H,7-8,10-11H2,1H3. The molecule has 0 atom stereocenters. The second-order valence-corrected chi connectivity index (χ2v) is 7.06. The van der Waals surface area contributed by atoms with Gasteiger partial charge >= 0.3 is 5.69 Å². The van der Waals surface area contributed by atoms with Gasteiger partial charge in [0.2, 0.25) is 0 Å². The summed E-state index contributed by atoms with van der Waals surface area (Å²) < 4.78 is 22.2. The number of halogens is 1. The number of ether oxygens (including phenoxy) is 1. The molecule has 0 saturated carbocycles. The fourth-order valence-electron chi connectivity index (χ4n) is 3.29. The number of rotatable bonds is 4. The molecule has 0 amide bonds. The van der Waals surface area contributed by atoms with Crippen molar-refractivity contribution < 1.29 is 9.13 Å². The van der Waals surface area contributed by atoms with Crippen LogP contribution < -0.4 is 5.69 Å². The highest BCUT2D eigenvalue weighted by Crippen LogP contribution is 2.26. The van der Waals surface area contributed by atoms with Crippen molar-refractivity contribution in [2.45, 2.75) is 24.0 Å². The summed E-state index contributed by atoms with van der Waals surface area (Å²) in [7, 11) is 0. The lowest BCUT2D eigenvalue weighted by molar-refractivity contribution is 0.0686. The number of nitrogens with zero attached hydrogens (tertiary/aromatic N) is 4. The van der Waals surface area contributed by atoms with Crippen LogP contribution in [0.25, 0.3) is 17.1 Å². The molecule has 0 aliphatic carbocycles. The lowest BCUT2D eigenvalue weighted by Crippen LogP contribution is -2.30. The Balaban J connectivity index is 1.89. The number of benzene rings is 1. The highest BCUT2D eigenvalue weighted by Gasteiger charge is 2.23. The predicted octanol–water partition coefficient (Wildman–Crippen LogP) is 3.31. The zero-order valence-electron chi connectivity index (χ0n) is 14.8. The zero-order chi connectivity index (χ0) is 18.8. The third-order valence-electron chi connectivity index (χ3n) is 4.66. The second kappa shape index (κ2) is 7.66. The van der Waals surface area contributed by atoms with Gasteiger partial charge in [-0.15, -0.1) is 0 Å². The van der Waals surface area contributed by atoms with Gasteiger partial charge in [0.15, 0.2) is 5.16 Å². The van der Waals surface area contributed by atoms with Crippen LogP contribution in [0.5, 0.6) is 0 Å². The Labute approximate surface area is 160 Å². The molecule has 140 valence electrons. The Kier molecular flexibility index (Phi) is 5.09. The highest BCUT2D eigenvalue weighted by molar-refractivity contribution is 7.98. The number of hydrogen-bond donors (Lipinski definition) is 0. The monoisotopic (exact) mass is 386 g/mol. The van der Waals surface area contributed by atoms with Crippen LogP contribution in [0.3, 0.4) is 0 Å². The maximum atomic E-state index is 13.4. The van der Waals surface area contributed by atoms with E-state index < -0.39 is 0 Å². The zero-order valence-corrected chi connectivity index (χ0v) is 15.7. The fraction of sp³-hybridized carbons (Fsp3) is 0.316. The average molecular weight is 386 g/mol. The minimum atomic E-state index is -0.344. The largest absolute Gasteiger partial charge is 0.381 e. The van der Waals surface area contributed by atoms with Crippen LogP contribution in [0.2, 0.25) is 0 Å². The van der Waals surface area contributed by atoms with Crippen molar-refractivity contribution in [3.63, 3.8) is 0 Å². The summed E-state index contributed by atoms with van der Waals surface area (Å²) in [6.07, 6.45) is 6.99. The van der Waals surface area contributed by atoms with Gasteiger partial charge in [0.05, 0.1) is 17.1 Å². The molecule has 0 bridgehead atoms. The fourth-order valence-corrected chi connectivity index (χ4v) is 3.65. The van der Waals surface area contributed by atoms with E-state index in [1.54, 1.807) is 33.5 Å². The molecular formula is C19H19FN4O2S. The van der Waals surface area contributed by atoms with E-state index in [-0.39, 0.29) is 17.5 Å². The molecule has 1 aromatic carbocycles. The lowest BCUT2D eigenvalue weighted by atomic mass is 10.1. The van der Waals surface area contributed by atoms with E-state index in [2.05, 4.69) is 9.97 Å². The van der Waals surface area contributed by atoms with Gasteiger partial charge in [-0.1, -0.05) is 11.8 Å². The van der Waals surface area contributed by atoms with Gasteiger partial charge in [0, 0.05) is 31.6 Å². The molecule has 6 nitrogen and oxygen atoms in total. The summed E-state index contributed by atoms with van der Waals surface area (Å²) in [6, 6.07) is 7.77. The third-order valence-corrected chi connectivity index (χ3v) is 5.22. The molecule has 3 aromatic rings. The van der Waals surface area contributed by atoms with Crippen molar-refractivity contribution in [2.75, 3.05) is 19.5 Å². The number of aromatic nitrogens is 4. The van der Waals surface area contributed by atoms with Crippen LogP contribution in [0, 0.1) is 5.82 Å². The van der Waals surface area contributed by atoms with E-state index in [1.807, 2.05) is 12.5 Å². The highest BCUT2D eigenvalue weighted by atomic mass is 32.2. The van der Waals surface area contributed by atoms with E-state index in [9.17, 15) is 9.18 Å². The molecule has 1 aliphatic rings. The van der Waals surface area contributed by atoms with E-state index in [4.69, 9.17) is 4.74 Å². The minimum Gasteiger partial charge on any atom is -0.381 e. The molecule has 8 heteroatoms. The first-order valence-corrected chi connectivity index (χ1v) is 9.95. The van der Waals surface area contributed by atoms with Crippen LogP contribution in [-0.2, 0) is 4.74 Å². The van der Waals surface area contributed by atoms with Gasteiger partial charge in [-0.2, -0.15) is 0 Å². The summed E-state index contributed by atoms with van der Waals surface area (Å²) in [6.45, 7) is 1.27. The number of thioether (sulfide) groups is 1. The van der Waals surface area contributed by atoms with Gasteiger partial charge < -0.3 is 4.74 Å². The molecule has 0 unspecified atom stereocenters. The summed E-state index contributed by atoms with van der Waals surface area (Å²) in [5.41, 5.74) is 1.76. The van der Waals surface area contributed by atoms with Crippen molar-refractivity contribution in [1.29, 1.82) is 0 Å². The third kappa shape index (κ3) is 3.54. The van der Waals surface area contributed by atoms with Gasteiger partial charge in [0.1, 0.15) is 5.82 Å². The minimum absolute atomic E-state index is 0.0774. The Hall–Kier alpha value is -2.45. The van der Waals surface area contributed by atoms with Gasteiger partial charge in [-0.05, 0) is 49.4 Å². The molecule has 1 saturated heterocycles. The van der Waals surface area contributed by atoms with Crippen molar-refractivity contribution in [3.8, 4) is 17.1 Å². The van der Waals surface area contributed by atoms with Gasteiger partial charge in [-0.25, -0.2) is 19.2 Å². The first-order valence-electron chi connectivity index (χ1n) is 8.72. The van der Waals surface area contributed by atoms with Crippen LogP contribution in [0.15, 0.2) is 52.7 Å². The van der Waals surface area contributed by atoms with Crippen LogP contribution in [0.4, 0.5) is 4.39 Å². The molecule has 0 N–H and O–H groups in total. The van der Waals surface area contributed by atoms with Crippen LogP contribution in [-0.4, -0.2) is 38.6 Å². The quantitative estimate of drug-likeness (QED) is 0.509. The summed E-state index contributed by atoms with van der Waals surface area (Å²) in [5.74, 6) is -0.344. The van der Waals surface area contributed by atoms with Crippen molar-refractivity contribution >= 4 is 11.8 Å². The van der Waals surface area contributed by atoms with Crippen LogP contribution >= 0.6 is 11.8 Å². The average Bonchev–Trinajstić information content (AvgIpc) is 3.06. The van der Waals surface area contributed by atoms with Gasteiger partial charge in [0.25, 0.3) is 0 Å². The molecular weight excluding hydrogens is 367 g/mol. The van der Waals surface area contributed by atoms with Gasteiger partial charge in [-0.3, -0.25) is 9.13 Å². The maximum absolute atomic E-state index is 13.4. The molecule has 27 heavy (non-hydrogen) atoms. The summed E-state index contributed by atoms with van der Waals surface area (Å²) in [4.78, 5) is 22.0. The van der Waals surface area contributed by atoms with E-state index in [1.165, 1.54) is 23.9 Å². The normalized spacial score (nSPS) is 15.2. The summed E-state index contributed by atoms with van der Waals surface area (Å²) in [5, 5.41) is 0.629. The molecule has 4 rings (SSSR count). The van der Waals surface area contributed by atoms with Crippen molar-refractivity contribution in [3.05, 3.63) is 59.0 Å². The predicted molar refractivity (Wildman–Crippen MR) is 102 cm³/mol. The molecule has 1 fully saturated rings. The molecule has 3 heterocycles. The van der Waals surface area contributed by atoms with Crippen molar-refractivity contribution in [1.82, 2.24) is 19.1 Å². The second-order valence-electron chi connectivity index (χ2n) is 6.29. The lowest BCUT2D eigenvalue weighted by Gasteiger charge is -2.22. The Morgan fingerprint density at radius 2 is 1.93 bits per heavy atom. The Morgan fingerprint density at radius 3 is 2.63 bits per heavy atom. The first-order chi connectivity index (χ1) is 13.2.